The third-order valence-corrected chi connectivity index (χ3v) is 6.89. The van der Waals surface area contributed by atoms with Crippen LogP contribution in [0.1, 0.15) is 24.7 Å². The number of benzene rings is 3. The predicted molar refractivity (Wildman–Crippen MR) is 139 cm³/mol. The van der Waals surface area contributed by atoms with Crippen molar-refractivity contribution in [3.8, 4) is 34.2 Å². The molecule has 0 radical (unpaired) electrons. The summed E-state index contributed by atoms with van der Waals surface area (Å²) in [6, 6.07) is 17.4. The molecule has 0 N–H and O–H groups in total. The van der Waals surface area contributed by atoms with Gasteiger partial charge in [-0.2, -0.15) is 0 Å². The van der Waals surface area contributed by atoms with E-state index in [4.69, 9.17) is 4.42 Å². The molecule has 0 aliphatic carbocycles. The average Bonchev–Trinajstić information content (AvgIpc) is 3.63. The van der Waals surface area contributed by atoms with Gasteiger partial charge in [0.15, 0.2) is 11.6 Å². The van der Waals surface area contributed by atoms with Gasteiger partial charge in [0.05, 0.1) is 0 Å². The van der Waals surface area contributed by atoms with Crippen LogP contribution in [-0.2, 0) is 11.3 Å². The first kappa shape index (κ1) is 25.5. The molecule has 0 unspecified atom stereocenters. The van der Waals surface area contributed by atoms with E-state index in [-0.39, 0.29) is 30.0 Å². The summed E-state index contributed by atoms with van der Waals surface area (Å²) < 4.78 is 47.5. The molecule has 3 aromatic carbocycles. The lowest BCUT2D eigenvalue weighted by Gasteiger charge is -2.30. The van der Waals surface area contributed by atoms with Gasteiger partial charge in [-0.3, -0.25) is 4.79 Å². The van der Waals surface area contributed by atoms with Crippen molar-refractivity contribution in [2.75, 3.05) is 13.1 Å². The van der Waals surface area contributed by atoms with Crippen molar-refractivity contribution in [3.05, 3.63) is 96.1 Å². The Balaban J connectivity index is 1.16. The molecule has 11 heteroatoms. The Morgan fingerprint density at radius 1 is 0.775 bits per heavy atom. The van der Waals surface area contributed by atoms with Gasteiger partial charge in [-0.05, 0) is 85.6 Å². The zero-order chi connectivity index (χ0) is 27.6. The van der Waals surface area contributed by atoms with Gasteiger partial charge in [-0.1, -0.05) is 0 Å². The Bertz CT molecular complexity index is 1620. The molecule has 6 rings (SSSR count). The van der Waals surface area contributed by atoms with Gasteiger partial charge in [0.2, 0.25) is 17.7 Å². The SMILES string of the molecule is O=C(Cn1nc(-c2ccc(F)cc2)nc1-c1ccc(F)cc1)N1CCC(c2nnc(-c3ccc(F)cc3)o2)CC1. The fraction of sp³-hybridized carbons (Fsp3) is 0.207. The first-order valence-corrected chi connectivity index (χ1v) is 12.8. The summed E-state index contributed by atoms with van der Waals surface area (Å²) in [4.78, 5) is 19.6. The Labute approximate surface area is 227 Å². The maximum atomic E-state index is 13.6. The normalized spacial score (nSPS) is 14.0. The van der Waals surface area contributed by atoms with Crippen LogP contribution in [0.15, 0.2) is 77.2 Å². The van der Waals surface area contributed by atoms with E-state index >= 15 is 0 Å². The van der Waals surface area contributed by atoms with E-state index in [0.29, 0.717) is 66.1 Å². The van der Waals surface area contributed by atoms with Crippen LogP contribution in [0.2, 0.25) is 0 Å². The largest absolute Gasteiger partial charge is 0.420 e. The molecular weight excluding hydrogens is 521 g/mol. The Morgan fingerprint density at radius 2 is 1.32 bits per heavy atom. The van der Waals surface area contributed by atoms with Crippen molar-refractivity contribution in [1.82, 2.24) is 29.9 Å². The van der Waals surface area contributed by atoms with Crippen molar-refractivity contribution in [3.63, 3.8) is 0 Å². The van der Waals surface area contributed by atoms with Gasteiger partial charge in [-0.25, -0.2) is 22.8 Å². The summed E-state index contributed by atoms with van der Waals surface area (Å²) in [5, 5.41) is 12.8. The highest BCUT2D eigenvalue weighted by molar-refractivity contribution is 5.77. The number of amides is 1. The minimum atomic E-state index is -0.390. The van der Waals surface area contributed by atoms with Crippen LogP contribution in [0.4, 0.5) is 13.2 Å². The number of aromatic nitrogens is 5. The third kappa shape index (κ3) is 5.35. The molecular formula is C29H23F3N6O2. The van der Waals surface area contributed by atoms with Crippen LogP contribution < -0.4 is 0 Å². The molecule has 40 heavy (non-hydrogen) atoms. The fourth-order valence-electron chi connectivity index (χ4n) is 4.70. The third-order valence-electron chi connectivity index (χ3n) is 6.89. The molecule has 1 amide bonds. The van der Waals surface area contributed by atoms with E-state index in [9.17, 15) is 18.0 Å². The molecule has 1 fully saturated rings. The first-order chi connectivity index (χ1) is 19.4. The molecule has 0 saturated carbocycles. The number of halogens is 3. The van der Waals surface area contributed by atoms with Gasteiger partial charge >= 0.3 is 0 Å². The minimum Gasteiger partial charge on any atom is -0.420 e. The lowest BCUT2D eigenvalue weighted by molar-refractivity contribution is -0.133. The molecule has 1 aliphatic heterocycles. The van der Waals surface area contributed by atoms with E-state index in [1.54, 1.807) is 41.3 Å². The van der Waals surface area contributed by atoms with Gasteiger partial charge in [-0.15, -0.1) is 15.3 Å². The van der Waals surface area contributed by atoms with Crippen LogP contribution in [0.5, 0.6) is 0 Å². The molecule has 2 aromatic heterocycles. The number of likely N-dealkylation sites (tertiary alicyclic amines) is 1. The van der Waals surface area contributed by atoms with Crippen molar-refractivity contribution < 1.29 is 22.4 Å². The maximum absolute atomic E-state index is 13.6. The predicted octanol–water partition coefficient (Wildman–Crippen LogP) is 5.49. The van der Waals surface area contributed by atoms with Gasteiger partial charge in [0, 0.05) is 35.7 Å². The van der Waals surface area contributed by atoms with E-state index in [1.165, 1.54) is 41.1 Å². The van der Waals surface area contributed by atoms with E-state index in [0.717, 1.165) is 0 Å². The van der Waals surface area contributed by atoms with Crippen LogP contribution >= 0.6 is 0 Å². The summed E-state index contributed by atoms with van der Waals surface area (Å²) >= 11 is 0. The Hall–Kier alpha value is -4.80. The van der Waals surface area contributed by atoms with Gasteiger partial charge in [0.25, 0.3) is 0 Å². The zero-order valence-electron chi connectivity index (χ0n) is 21.2. The quantitative estimate of drug-likeness (QED) is 0.281. The first-order valence-electron chi connectivity index (χ1n) is 12.8. The second-order valence-corrected chi connectivity index (χ2v) is 9.54. The summed E-state index contributed by atoms with van der Waals surface area (Å²) in [6.45, 7) is 0.910. The standard InChI is InChI=1S/C29H23F3N6O2/c30-22-7-1-18(2-8-22)26-33-27(19-3-9-23(31)10-4-19)38(36-26)17-25(39)37-15-13-21(14-16-37)29-35-34-28(40-29)20-5-11-24(32)12-6-20/h1-12,21H,13-17H2. The van der Waals surface area contributed by atoms with E-state index in [1.807, 2.05) is 0 Å². The van der Waals surface area contributed by atoms with Crippen LogP contribution in [0, 0.1) is 17.5 Å². The zero-order valence-corrected chi connectivity index (χ0v) is 21.2. The van der Waals surface area contributed by atoms with Crippen molar-refractivity contribution in [1.29, 1.82) is 0 Å². The lowest BCUT2D eigenvalue weighted by atomic mass is 9.97. The average molecular weight is 545 g/mol. The molecule has 1 aliphatic rings. The summed E-state index contributed by atoms with van der Waals surface area (Å²) in [5.74, 6) is 0.289. The number of carbonyl (C=O) groups is 1. The molecule has 5 aromatic rings. The minimum absolute atomic E-state index is 0.00280. The highest BCUT2D eigenvalue weighted by Gasteiger charge is 2.28. The number of rotatable bonds is 6. The highest BCUT2D eigenvalue weighted by atomic mass is 19.1. The molecule has 3 heterocycles. The van der Waals surface area contributed by atoms with Crippen molar-refractivity contribution in [2.45, 2.75) is 25.3 Å². The lowest BCUT2D eigenvalue weighted by Crippen LogP contribution is -2.40. The molecule has 1 saturated heterocycles. The number of carbonyl (C=O) groups excluding carboxylic acids is 1. The molecule has 0 spiro atoms. The number of piperidine rings is 1. The number of nitrogens with zero attached hydrogens (tertiary/aromatic N) is 6. The molecule has 202 valence electrons. The van der Waals surface area contributed by atoms with Gasteiger partial charge in [0.1, 0.15) is 24.0 Å². The van der Waals surface area contributed by atoms with Crippen LogP contribution in [0.25, 0.3) is 34.2 Å². The van der Waals surface area contributed by atoms with Crippen LogP contribution in [0.3, 0.4) is 0 Å². The van der Waals surface area contributed by atoms with Crippen molar-refractivity contribution >= 4 is 5.91 Å². The fourth-order valence-corrected chi connectivity index (χ4v) is 4.70. The second-order valence-electron chi connectivity index (χ2n) is 9.54. The van der Waals surface area contributed by atoms with Crippen LogP contribution in [-0.4, -0.2) is 48.9 Å². The summed E-state index contributed by atoms with van der Waals surface area (Å²) in [6.07, 6.45) is 1.28. The monoisotopic (exact) mass is 544 g/mol. The molecule has 8 nitrogen and oxygen atoms in total. The summed E-state index contributed by atoms with van der Waals surface area (Å²) in [7, 11) is 0. The topological polar surface area (TPSA) is 89.9 Å². The van der Waals surface area contributed by atoms with Gasteiger partial charge < -0.3 is 9.32 Å². The highest BCUT2D eigenvalue weighted by Crippen LogP contribution is 2.30. The summed E-state index contributed by atoms with van der Waals surface area (Å²) in [5.41, 5.74) is 1.83. The Morgan fingerprint density at radius 3 is 1.93 bits per heavy atom. The van der Waals surface area contributed by atoms with E-state index < -0.39 is 5.82 Å². The molecule has 0 atom stereocenters. The number of hydrogen-bond donors (Lipinski definition) is 0. The smallest absolute Gasteiger partial charge is 0.247 e. The number of hydrogen-bond acceptors (Lipinski definition) is 6. The maximum Gasteiger partial charge on any atom is 0.247 e. The Kier molecular flexibility index (Phi) is 6.85. The van der Waals surface area contributed by atoms with E-state index in [2.05, 4.69) is 20.3 Å². The van der Waals surface area contributed by atoms with Crippen molar-refractivity contribution in [2.24, 2.45) is 0 Å². The molecule has 0 bridgehead atoms. The second kappa shape index (κ2) is 10.8.